The topological polar surface area (TPSA) is 80.7 Å². The van der Waals surface area contributed by atoms with Crippen molar-refractivity contribution in [2.24, 2.45) is 0 Å². The summed E-state index contributed by atoms with van der Waals surface area (Å²) >= 11 is 0. The minimum Gasteiger partial charge on any atom is -0.463 e. The van der Waals surface area contributed by atoms with Gasteiger partial charge in [-0.3, -0.25) is 4.55 Å². The Morgan fingerprint density at radius 1 is 1.54 bits per heavy atom. The van der Waals surface area contributed by atoms with Crippen molar-refractivity contribution in [3.8, 4) is 0 Å². The van der Waals surface area contributed by atoms with Gasteiger partial charge in [-0.05, 0) is 6.42 Å². The Hall–Kier alpha value is -0.283. The number of esters is 1. The molecule has 1 N–H and O–H groups in total. The van der Waals surface area contributed by atoms with Gasteiger partial charge in [0.2, 0.25) is 0 Å². The molecular weight excluding hydrogens is 191 g/mol. The molecule has 0 heterocycles. The molecule has 70 valence electrons. The zero-order chi connectivity index (χ0) is 9.61. The van der Waals surface area contributed by atoms with Gasteiger partial charge in [0, 0.05) is 6.08 Å². The molecule has 0 spiro atoms. The average molecular weight is 201 g/mol. The normalized spacial score (nSPS) is 9.92. The molecule has 0 aliphatic rings. The van der Waals surface area contributed by atoms with Crippen LogP contribution < -0.4 is 18.9 Å². The Labute approximate surface area is 89.1 Å². The summed E-state index contributed by atoms with van der Waals surface area (Å²) in [6.45, 7) is 3.11. The maximum atomic E-state index is 10.4. The number of hydrogen-bond acceptors (Lipinski definition) is 4. The van der Waals surface area contributed by atoms with E-state index >= 15 is 0 Å². The molecule has 0 saturated carbocycles. The summed E-state index contributed by atoms with van der Waals surface area (Å²) < 4.78 is 33.0. The Balaban J connectivity index is 0. The molecule has 0 aliphatic heterocycles. The quantitative estimate of drug-likeness (QED) is 0.168. The second-order valence-electron chi connectivity index (χ2n) is 2.01. The van der Waals surface area contributed by atoms with Gasteiger partial charge in [0.15, 0.2) is 0 Å². The molecule has 0 atom stereocenters. The molecule has 0 aliphatic carbocycles. The smallest absolute Gasteiger partial charge is 0.463 e. The molecule has 7 heteroatoms. The number of hydrogen-bond donors (Lipinski definition) is 1. The summed E-state index contributed by atoms with van der Waals surface area (Å²) in [7, 11) is -3.95. The summed E-state index contributed by atoms with van der Waals surface area (Å²) in [6, 6.07) is 0. The maximum Gasteiger partial charge on any atom is 1.00 e. The van der Waals surface area contributed by atoms with Crippen molar-refractivity contribution < 1.29 is 41.4 Å². The second-order valence-corrected chi connectivity index (χ2v) is 3.58. The van der Waals surface area contributed by atoms with Crippen LogP contribution in [-0.2, 0) is 19.6 Å². The van der Waals surface area contributed by atoms with Gasteiger partial charge in [0.05, 0.1) is 12.4 Å². The molecule has 13 heavy (non-hydrogen) atoms. The number of ether oxygens (including phenoxy) is 1. The summed E-state index contributed by atoms with van der Waals surface area (Å²) in [5, 5.41) is 0. The van der Waals surface area contributed by atoms with E-state index in [0.29, 0.717) is 0 Å². The molecule has 0 fully saturated rings. The second kappa shape index (κ2) is 7.15. The molecule has 0 aromatic rings. The maximum absolute atomic E-state index is 10.4. The van der Waals surface area contributed by atoms with E-state index in [4.69, 9.17) is 4.55 Å². The van der Waals surface area contributed by atoms with Gasteiger partial charge >= 0.3 is 24.8 Å². The zero-order valence-electron chi connectivity index (χ0n) is 7.39. The minimum atomic E-state index is -3.95. The van der Waals surface area contributed by atoms with Crippen LogP contribution in [0.3, 0.4) is 0 Å². The zero-order valence-corrected chi connectivity index (χ0v) is 8.21. The molecule has 0 aromatic heterocycles. The van der Waals surface area contributed by atoms with Crippen molar-refractivity contribution in [2.75, 3.05) is 12.4 Å². The van der Waals surface area contributed by atoms with Crippen molar-refractivity contribution in [3.05, 3.63) is 12.7 Å². The molecule has 0 bridgehead atoms. The Bertz CT molecular complexity index is 258. The first-order valence-corrected chi connectivity index (χ1v) is 4.81. The van der Waals surface area contributed by atoms with Gasteiger partial charge < -0.3 is 4.74 Å². The monoisotopic (exact) mass is 201 g/mol. The molecule has 0 rings (SSSR count). The molecule has 0 radical (unpaired) electrons. The molecule has 0 aromatic carbocycles. The van der Waals surface area contributed by atoms with Crippen LogP contribution in [-0.4, -0.2) is 31.3 Å². The van der Waals surface area contributed by atoms with Gasteiger partial charge in [0.1, 0.15) is 0 Å². The van der Waals surface area contributed by atoms with Gasteiger partial charge in [-0.1, -0.05) is 6.58 Å². The first-order valence-electron chi connectivity index (χ1n) is 3.20. The fraction of sp³-hybridized carbons (Fsp3) is 0.500. The van der Waals surface area contributed by atoms with Crippen LogP contribution in [0.1, 0.15) is 6.42 Å². The van der Waals surface area contributed by atoms with Crippen LogP contribution in [0.4, 0.5) is 0 Å². The van der Waals surface area contributed by atoms with Crippen molar-refractivity contribution in [1.29, 1.82) is 0 Å². The predicted molar refractivity (Wildman–Crippen MR) is 42.2 cm³/mol. The van der Waals surface area contributed by atoms with Crippen LogP contribution >= 0.6 is 0 Å². The molecule has 0 saturated heterocycles. The molecule has 0 amide bonds. The minimum absolute atomic E-state index is 0. The third-order valence-corrected chi connectivity index (χ3v) is 1.76. The van der Waals surface area contributed by atoms with Crippen molar-refractivity contribution in [1.82, 2.24) is 0 Å². The van der Waals surface area contributed by atoms with Gasteiger partial charge in [-0.2, -0.15) is 8.42 Å². The van der Waals surface area contributed by atoms with Crippen LogP contribution in [0.15, 0.2) is 12.7 Å². The summed E-state index contributed by atoms with van der Waals surface area (Å²) in [5.41, 5.74) is 0. The predicted octanol–water partition coefficient (Wildman–Crippen LogP) is -3.00. The van der Waals surface area contributed by atoms with E-state index in [1.807, 2.05) is 0 Å². The summed E-state index contributed by atoms with van der Waals surface area (Å²) in [6.07, 6.45) is 1.06. The number of rotatable bonds is 5. The van der Waals surface area contributed by atoms with Crippen LogP contribution in [0, 0.1) is 0 Å². The SMILES string of the molecule is C=CC(=O)OCCCS(=O)(=O)O.[Li+]. The van der Waals surface area contributed by atoms with Gasteiger partial charge in [-0.25, -0.2) is 4.79 Å². The first kappa shape index (κ1) is 15.2. The van der Waals surface area contributed by atoms with Crippen molar-refractivity contribution >= 4 is 16.1 Å². The standard InChI is InChI=1S/C6H10O5S.Li/c1-2-6(7)11-4-3-5-12(8,9)10;/h2H,1,3-5H2,(H,8,9,10);/q;+1. The Kier molecular flexibility index (Phi) is 8.36. The van der Waals surface area contributed by atoms with E-state index in [1.54, 1.807) is 0 Å². The van der Waals surface area contributed by atoms with Crippen LogP contribution in [0.2, 0.25) is 0 Å². The Morgan fingerprint density at radius 3 is 2.46 bits per heavy atom. The van der Waals surface area contributed by atoms with E-state index in [-0.39, 0.29) is 31.9 Å². The van der Waals surface area contributed by atoms with Crippen LogP contribution in [0.5, 0.6) is 0 Å². The van der Waals surface area contributed by atoms with E-state index in [0.717, 1.165) is 6.08 Å². The molecule has 5 nitrogen and oxygen atoms in total. The first-order chi connectivity index (χ1) is 5.45. The van der Waals surface area contributed by atoms with Crippen LogP contribution in [0.25, 0.3) is 0 Å². The van der Waals surface area contributed by atoms with E-state index < -0.39 is 21.8 Å². The van der Waals surface area contributed by atoms with E-state index in [9.17, 15) is 13.2 Å². The summed E-state index contributed by atoms with van der Waals surface area (Å²) in [4.78, 5) is 10.4. The molecule has 0 unspecified atom stereocenters. The Morgan fingerprint density at radius 2 is 2.08 bits per heavy atom. The third kappa shape index (κ3) is 11.7. The van der Waals surface area contributed by atoms with Gasteiger partial charge in [-0.15, -0.1) is 0 Å². The van der Waals surface area contributed by atoms with E-state index in [1.165, 1.54) is 0 Å². The fourth-order valence-corrected chi connectivity index (χ4v) is 0.956. The fourth-order valence-electron chi connectivity index (χ4n) is 0.473. The summed E-state index contributed by atoms with van der Waals surface area (Å²) in [5.74, 6) is -1.01. The van der Waals surface area contributed by atoms with Crippen molar-refractivity contribution in [3.63, 3.8) is 0 Å². The third-order valence-electron chi connectivity index (χ3n) is 0.958. The molecular formula is C6H10LiO5S+. The number of carbonyl (C=O) groups is 1. The van der Waals surface area contributed by atoms with E-state index in [2.05, 4.69) is 11.3 Å². The van der Waals surface area contributed by atoms with Crippen molar-refractivity contribution in [2.45, 2.75) is 6.42 Å². The largest absolute Gasteiger partial charge is 1.00 e. The average Bonchev–Trinajstić information content (AvgIpc) is 1.96. The van der Waals surface area contributed by atoms with Gasteiger partial charge in [0.25, 0.3) is 10.1 Å². The number of carbonyl (C=O) groups excluding carboxylic acids is 1.